The van der Waals surface area contributed by atoms with Crippen molar-refractivity contribution in [2.24, 2.45) is 0 Å². The first kappa shape index (κ1) is 12.8. The second kappa shape index (κ2) is 4.90. The number of carbonyl (C=O) groups is 2. The Morgan fingerprint density at radius 2 is 2.11 bits per heavy atom. The van der Waals surface area contributed by atoms with Gasteiger partial charge in [-0.1, -0.05) is 0 Å². The van der Waals surface area contributed by atoms with E-state index in [4.69, 9.17) is 0 Å². The Morgan fingerprint density at radius 1 is 1.39 bits per heavy atom. The second-order valence-corrected chi connectivity index (χ2v) is 4.67. The number of nitrogens with one attached hydrogen (secondary N) is 1. The lowest BCUT2D eigenvalue weighted by Crippen LogP contribution is -2.32. The van der Waals surface area contributed by atoms with Crippen LogP contribution in [0.25, 0.3) is 0 Å². The number of ketones is 1. The quantitative estimate of drug-likeness (QED) is 0.820. The molecule has 0 aliphatic carbocycles. The number of hydrogen-bond acceptors (Lipinski definition) is 3. The molecule has 0 saturated heterocycles. The molecule has 4 heteroatoms. The number of hydrogen-bond donors (Lipinski definition) is 1. The minimum Gasteiger partial charge on any atom is -0.315 e. The first-order valence-electron chi connectivity index (χ1n) is 6.15. The molecule has 0 saturated carbocycles. The Labute approximate surface area is 107 Å². The second-order valence-electron chi connectivity index (χ2n) is 4.67. The lowest BCUT2D eigenvalue weighted by atomic mass is 9.96. The van der Waals surface area contributed by atoms with Crippen LogP contribution in [0.3, 0.4) is 0 Å². The predicted molar refractivity (Wildman–Crippen MR) is 71.0 cm³/mol. The van der Waals surface area contributed by atoms with E-state index < -0.39 is 0 Å². The number of likely N-dealkylation sites (N-methyl/N-ethyl adjacent to an activating group) is 1. The average Bonchev–Trinajstić information content (AvgIpc) is 2.41. The minimum absolute atomic E-state index is 0.0832. The lowest BCUT2D eigenvalue weighted by Gasteiger charge is -2.26. The SMILES string of the molecule is CNC(C)C(=O)c1ccc2c(c1)CCC(=O)N2C. The van der Waals surface area contributed by atoms with Crippen molar-refractivity contribution in [3.8, 4) is 0 Å². The van der Waals surface area contributed by atoms with Crippen molar-refractivity contribution in [2.45, 2.75) is 25.8 Å². The molecule has 1 heterocycles. The Morgan fingerprint density at radius 3 is 2.78 bits per heavy atom. The summed E-state index contributed by atoms with van der Waals surface area (Å²) in [4.78, 5) is 25.3. The molecule has 1 aliphatic heterocycles. The van der Waals surface area contributed by atoms with E-state index in [-0.39, 0.29) is 17.7 Å². The molecule has 1 unspecified atom stereocenters. The van der Waals surface area contributed by atoms with Crippen LogP contribution in [0.15, 0.2) is 18.2 Å². The maximum Gasteiger partial charge on any atom is 0.227 e. The van der Waals surface area contributed by atoms with Crippen LogP contribution in [0.5, 0.6) is 0 Å². The number of aryl methyl sites for hydroxylation is 1. The highest BCUT2D eigenvalue weighted by molar-refractivity contribution is 6.02. The molecule has 96 valence electrons. The number of rotatable bonds is 3. The number of benzene rings is 1. The van der Waals surface area contributed by atoms with Crippen LogP contribution < -0.4 is 10.2 Å². The Kier molecular flexibility index (Phi) is 3.48. The van der Waals surface area contributed by atoms with Crippen LogP contribution in [0, 0.1) is 0 Å². The van der Waals surface area contributed by atoms with E-state index >= 15 is 0 Å². The van der Waals surface area contributed by atoms with Crippen LogP contribution in [-0.4, -0.2) is 31.8 Å². The molecular weight excluding hydrogens is 228 g/mol. The summed E-state index contributed by atoms with van der Waals surface area (Å²) in [6.07, 6.45) is 1.23. The van der Waals surface area contributed by atoms with E-state index in [1.54, 1.807) is 25.1 Å². The Hall–Kier alpha value is -1.68. The monoisotopic (exact) mass is 246 g/mol. The summed E-state index contributed by atoms with van der Waals surface area (Å²) in [5.74, 6) is 0.213. The summed E-state index contributed by atoms with van der Waals surface area (Å²) in [7, 11) is 3.55. The van der Waals surface area contributed by atoms with E-state index in [9.17, 15) is 9.59 Å². The molecule has 1 aliphatic rings. The minimum atomic E-state index is -0.189. The number of nitrogens with zero attached hydrogens (tertiary/aromatic N) is 1. The number of amides is 1. The van der Waals surface area contributed by atoms with E-state index in [0.717, 1.165) is 11.3 Å². The highest BCUT2D eigenvalue weighted by Gasteiger charge is 2.22. The van der Waals surface area contributed by atoms with Gasteiger partial charge in [-0.3, -0.25) is 9.59 Å². The fourth-order valence-corrected chi connectivity index (χ4v) is 2.19. The van der Waals surface area contributed by atoms with Gasteiger partial charge in [0.15, 0.2) is 5.78 Å². The van der Waals surface area contributed by atoms with Gasteiger partial charge in [0.2, 0.25) is 5.91 Å². The van der Waals surface area contributed by atoms with E-state index in [0.29, 0.717) is 18.4 Å². The van der Waals surface area contributed by atoms with E-state index in [2.05, 4.69) is 5.32 Å². The van der Waals surface area contributed by atoms with Gasteiger partial charge in [0.05, 0.1) is 6.04 Å². The molecule has 1 aromatic rings. The van der Waals surface area contributed by atoms with Crippen molar-refractivity contribution in [1.29, 1.82) is 0 Å². The molecule has 1 N–H and O–H groups in total. The van der Waals surface area contributed by atoms with Crippen molar-refractivity contribution < 1.29 is 9.59 Å². The van der Waals surface area contributed by atoms with Gasteiger partial charge in [-0.05, 0) is 44.2 Å². The van der Waals surface area contributed by atoms with Crippen LogP contribution in [-0.2, 0) is 11.2 Å². The van der Waals surface area contributed by atoms with Crippen molar-refractivity contribution in [3.05, 3.63) is 29.3 Å². The number of carbonyl (C=O) groups excluding carboxylic acids is 2. The fourth-order valence-electron chi connectivity index (χ4n) is 2.19. The molecule has 0 fully saturated rings. The van der Waals surface area contributed by atoms with E-state index in [1.807, 2.05) is 19.1 Å². The van der Waals surface area contributed by atoms with Gasteiger partial charge in [-0.25, -0.2) is 0 Å². The number of fused-ring (bicyclic) bond motifs is 1. The zero-order chi connectivity index (χ0) is 13.3. The average molecular weight is 246 g/mol. The topological polar surface area (TPSA) is 49.4 Å². The highest BCUT2D eigenvalue weighted by Crippen LogP contribution is 2.27. The van der Waals surface area contributed by atoms with Gasteiger partial charge in [-0.2, -0.15) is 0 Å². The maximum atomic E-state index is 12.1. The first-order valence-corrected chi connectivity index (χ1v) is 6.15. The number of anilines is 1. The maximum absolute atomic E-state index is 12.1. The molecule has 0 radical (unpaired) electrons. The van der Waals surface area contributed by atoms with Gasteiger partial charge in [-0.15, -0.1) is 0 Å². The molecule has 0 bridgehead atoms. The zero-order valence-corrected chi connectivity index (χ0v) is 11.0. The third-order valence-corrected chi connectivity index (χ3v) is 3.53. The van der Waals surface area contributed by atoms with Gasteiger partial charge in [0.25, 0.3) is 0 Å². The van der Waals surface area contributed by atoms with Crippen LogP contribution in [0.2, 0.25) is 0 Å². The predicted octanol–water partition coefficient (Wildman–Crippen LogP) is 1.39. The lowest BCUT2D eigenvalue weighted by molar-refractivity contribution is -0.118. The van der Waals surface area contributed by atoms with Crippen molar-refractivity contribution >= 4 is 17.4 Å². The van der Waals surface area contributed by atoms with Crippen LogP contribution >= 0.6 is 0 Å². The summed E-state index contributed by atoms with van der Waals surface area (Å²) in [5.41, 5.74) is 2.70. The third-order valence-electron chi connectivity index (χ3n) is 3.53. The summed E-state index contributed by atoms with van der Waals surface area (Å²) < 4.78 is 0. The summed E-state index contributed by atoms with van der Waals surface area (Å²) in [6.45, 7) is 1.84. The van der Waals surface area contributed by atoms with Gasteiger partial charge >= 0.3 is 0 Å². The molecule has 1 atom stereocenters. The highest BCUT2D eigenvalue weighted by atomic mass is 16.2. The van der Waals surface area contributed by atoms with Crippen LogP contribution in [0.1, 0.15) is 29.3 Å². The summed E-state index contributed by atoms with van der Waals surface area (Å²) in [6, 6.07) is 5.38. The van der Waals surface area contributed by atoms with Gasteiger partial charge < -0.3 is 10.2 Å². The normalized spacial score (nSPS) is 16.4. The first-order chi connectivity index (χ1) is 8.54. The third kappa shape index (κ3) is 2.16. The molecule has 4 nitrogen and oxygen atoms in total. The molecule has 1 amide bonds. The molecule has 1 aromatic carbocycles. The molecule has 18 heavy (non-hydrogen) atoms. The van der Waals surface area contributed by atoms with Crippen molar-refractivity contribution in [2.75, 3.05) is 19.0 Å². The van der Waals surface area contributed by atoms with Crippen LogP contribution in [0.4, 0.5) is 5.69 Å². The standard InChI is InChI=1S/C14H18N2O2/c1-9(15-2)14(18)11-4-6-12-10(8-11)5-7-13(17)16(12)3/h4,6,8-9,15H,5,7H2,1-3H3. The summed E-state index contributed by atoms with van der Waals surface area (Å²) >= 11 is 0. The van der Waals surface area contributed by atoms with Crippen molar-refractivity contribution in [3.63, 3.8) is 0 Å². The van der Waals surface area contributed by atoms with Gasteiger partial charge in [0.1, 0.15) is 0 Å². The molecule has 0 spiro atoms. The number of Topliss-reactive ketones (excluding diaryl/α,β-unsaturated/α-hetero) is 1. The molecular formula is C14H18N2O2. The van der Waals surface area contributed by atoms with Crippen molar-refractivity contribution in [1.82, 2.24) is 5.32 Å². The van der Waals surface area contributed by atoms with E-state index in [1.165, 1.54) is 0 Å². The Bertz CT molecular complexity index is 497. The zero-order valence-electron chi connectivity index (χ0n) is 11.0. The summed E-state index contributed by atoms with van der Waals surface area (Å²) in [5, 5.41) is 2.94. The smallest absolute Gasteiger partial charge is 0.227 e. The Balaban J connectivity index is 2.34. The fraction of sp³-hybridized carbons (Fsp3) is 0.429. The largest absolute Gasteiger partial charge is 0.315 e. The molecule has 0 aromatic heterocycles. The van der Waals surface area contributed by atoms with Gasteiger partial charge in [0, 0.05) is 24.7 Å². The molecule has 2 rings (SSSR count).